The lowest BCUT2D eigenvalue weighted by Gasteiger charge is -2.30. The number of ether oxygens (including phenoxy) is 1. The number of nitrogens with one attached hydrogen (secondary N) is 3. The fourth-order valence-corrected chi connectivity index (χ4v) is 2.89. The molecule has 2 rings (SSSR count). The number of benzene rings is 1. The molecule has 1 aromatic carbocycles. The third-order valence-electron chi connectivity index (χ3n) is 4.34. The molecule has 2 amide bonds. The molecule has 1 fully saturated rings. The van der Waals surface area contributed by atoms with Gasteiger partial charge in [-0.2, -0.15) is 0 Å². The van der Waals surface area contributed by atoms with Gasteiger partial charge in [-0.3, -0.25) is 9.59 Å². The lowest BCUT2D eigenvalue weighted by atomic mass is 9.89. The molecule has 24 heavy (non-hydrogen) atoms. The molecule has 0 saturated carbocycles. The van der Waals surface area contributed by atoms with E-state index in [9.17, 15) is 9.59 Å². The van der Waals surface area contributed by atoms with Crippen LogP contribution in [0.25, 0.3) is 0 Å². The van der Waals surface area contributed by atoms with Gasteiger partial charge in [-0.05, 0) is 50.9 Å². The summed E-state index contributed by atoms with van der Waals surface area (Å²) in [5.74, 6) is -0.206. The molecule has 1 atom stereocenters. The van der Waals surface area contributed by atoms with Crippen molar-refractivity contribution in [1.82, 2.24) is 16.0 Å². The fourth-order valence-electron chi connectivity index (χ4n) is 2.89. The van der Waals surface area contributed by atoms with Crippen LogP contribution in [0.1, 0.15) is 28.8 Å². The summed E-state index contributed by atoms with van der Waals surface area (Å²) in [5, 5.41) is 9.07. The van der Waals surface area contributed by atoms with E-state index in [0.29, 0.717) is 18.7 Å². The molecule has 0 radical (unpaired) electrons. The smallest absolute Gasteiger partial charge is 0.251 e. The predicted molar refractivity (Wildman–Crippen MR) is 92.9 cm³/mol. The summed E-state index contributed by atoms with van der Waals surface area (Å²) in [4.78, 5) is 25.0. The second kappa shape index (κ2) is 9.39. The minimum absolute atomic E-state index is 0.139. The summed E-state index contributed by atoms with van der Waals surface area (Å²) in [6.07, 6.45) is 1.74. The Bertz CT molecular complexity index is 539. The topological polar surface area (TPSA) is 79.5 Å². The number of hydrogen-bond acceptors (Lipinski definition) is 4. The van der Waals surface area contributed by atoms with Crippen LogP contribution >= 0.6 is 0 Å². The maximum Gasteiger partial charge on any atom is 0.251 e. The standard InChI is InChI=1S/C18H27N3O3/c1-13-3-5-15(6-4-13)17(22)21-16(14-7-9-19-10-8-14)18(23)20-11-12-24-2/h3-6,14,16,19H,7-12H2,1-2H3,(H,20,23)(H,21,22). The quantitative estimate of drug-likeness (QED) is 0.647. The highest BCUT2D eigenvalue weighted by atomic mass is 16.5. The van der Waals surface area contributed by atoms with Crippen molar-refractivity contribution in [3.05, 3.63) is 35.4 Å². The first kappa shape index (κ1) is 18.4. The van der Waals surface area contributed by atoms with Crippen LogP contribution in [0.15, 0.2) is 24.3 Å². The second-order valence-corrected chi connectivity index (χ2v) is 6.19. The van der Waals surface area contributed by atoms with Crippen LogP contribution < -0.4 is 16.0 Å². The minimum atomic E-state index is -0.516. The number of rotatable bonds is 7. The molecule has 1 unspecified atom stereocenters. The average Bonchev–Trinajstić information content (AvgIpc) is 2.61. The van der Waals surface area contributed by atoms with E-state index in [1.807, 2.05) is 19.1 Å². The number of piperidine rings is 1. The zero-order chi connectivity index (χ0) is 17.4. The maximum absolute atomic E-state index is 12.5. The SMILES string of the molecule is COCCNC(=O)C(NC(=O)c1ccc(C)cc1)C1CCNCC1. The van der Waals surface area contributed by atoms with Crippen LogP contribution in [0.3, 0.4) is 0 Å². The van der Waals surface area contributed by atoms with Gasteiger partial charge in [-0.1, -0.05) is 17.7 Å². The van der Waals surface area contributed by atoms with Gasteiger partial charge in [0.25, 0.3) is 5.91 Å². The van der Waals surface area contributed by atoms with Crippen molar-refractivity contribution in [2.75, 3.05) is 33.4 Å². The highest BCUT2D eigenvalue weighted by Crippen LogP contribution is 2.17. The second-order valence-electron chi connectivity index (χ2n) is 6.19. The van der Waals surface area contributed by atoms with E-state index < -0.39 is 6.04 Å². The Morgan fingerprint density at radius 2 is 1.92 bits per heavy atom. The molecule has 0 bridgehead atoms. The van der Waals surface area contributed by atoms with Crippen molar-refractivity contribution in [2.45, 2.75) is 25.8 Å². The van der Waals surface area contributed by atoms with Gasteiger partial charge in [-0.25, -0.2) is 0 Å². The minimum Gasteiger partial charge on any atom is -0.383 e. The Hall–Kier alpha value is -1.92. The van der Waals surface area contributed by atoms with Gasteiger partial charge < -0.3 is 20.7 Å². The third kappa shape index (κ3) is 5.32. The van der Waals surface area contributed by atoms with Crippen LogP contribution in [0.5, 0.6) is 0 Å². The first-order chi connectivity index (χ1) is 11.6. The molecule has 1 aliphatic rings. The van der Waals surface area contributed by atoms with E-state index in [-0.39, 0.29) is 17.7 Å². The highest BCUT2D eigenvalue weighted by molar-refractivity contribution is 5.97. The first-order valence-electron chi connectivity index (χ1n) is 8.46. The molecular formula is C18H27N3O3. The van der Waals surface area contributed by atoms with Gasteiger partial charge in [0.15, 0.2) is 0 Å². The van der Waals surface area contributed by atoms with Gasteiger partial charge in [0.2, 0.25) is 5.91 Å². The lowest BCUT2D eigenvalue weighted by molar-refractivity contribution is -0.124. The maximum atomic E-state index is 12.5. The van der Waals surface area contributed by atoms with Crippen LogP contribution in [-0.4, -0.2) is 51.2 Å². The Labute approximate surface area is 143 Å². The molecule has 6 nitrogen and oxygen atoms in total. The molecule has 0 aromatic heterocycles. The fraction of sp³-hybridized carbons (Fsp3) is 0.556. The number of carbonyl (C=O) groups excluding carboxylic acids is 2. The highest BCUT2D eigenvalue weighted by Gasteiger charge is 2.30. The summed E-state index contributed by atoms with van der Waals surface area (Å²) < 4.78 is 4.97. The average molecular weight is 333 g/mol. The van der Waals surface area contributed by atoms with Gasteiger partial charge in [0.1, 0.15) is 6.04 Å². The summed E-state index contributed by atoms with van der Waals surface area (Å²) in [6.45, 7) is 4.61. The van der Waals surface area contributed by atoms with E-state index >= 15 is 0 Å². The van der Waals surface area contributed by atoms with E-state index in [2.05, 4.69) is 16.0 Å². The van der Waals surface area contributed by atoms with Crippen LogP contribution in [0.4, 0.5) is 0 Å². The van der Waals surface area contributed by atoms with Gasteiger partial charge in [-0.15, -0.1) is 0 Å². The van der Waals surface area contributed by atoms with E-state index in [1.165, 1.54) is 0 Å². The molecule has 1 aromatic rings. The Balaban J connectivity index is 2.04. The van der Waals surface area contributed by atoms with Gasteiger partial charge in [0, 0.05) is 19.2 Å². The summed E-state index contributed by atoms with van der Waals surface area (Å²) >= 11 is 0. The molecule has 132 valence electrons. The molecular weight excluding hydrogens is 306 g/mol. The normalized spacial score (nSPS) is 16.4. The molecule has 1 aliphatic heterocycles. The Morgan fingerprint density at radius 1 is 1.25 bits per heavy atom. The number of hydrogen-bond donors (Lipinski definition) is 3. The van der Waals surface area contributed by atoms with Crippen molar-refractivity contribution in [2.24, 2.45) is 5.92 Å². The lowest BCUT2D eigenvalue weighted by Crippen LogP contribution is -2.53. The van der Waals surface area contributed by atoms with Crippen molar-refractivity contribution in [1.29, 1.82) is 0 Å². The summed E-state index contributed by atoms with van der Waals surface area (Å²) in [7, 11) is 1.59. The number of amides is 2. The number of aryl methyl sites for hydroxylation is 1. The number of carbonyl (C=O) groups is 2. The monoisotopic (exact) mass is 333 g/mol. The largest absolute Gasteiger partial charge is 0.383 e. The molecule has 1 saturated heterocycles. The van der Waals surface area contributed by atoms with E-state index in [4.69, 9.17) is 4.74 Å². The third-order valence-corrected chi connectivity index (χ3v) is 4.34. The van der Waals surface area contributed by atoms with E-state index in [0.717, 1.165) is 31.5 Å². The van der Waals surface area contributed by atoms with Crippen LogP contribution in [0, 0.1) is 12.8 Å². The van der Waals surface area contributed by atoms with Crippen LogP contribution in [-0.2, 0) is 9.53 Å². The van der Waals surface area contributed by atoms with Crippen molar-refractivity contribution < 1.29 is 14.3 Å². The Morgan fingerprint density at radius 3 is 2.54 bits per heavy atom. The Kier molecular flexibility index (Phi) is 7.21. The zero-order valence-corrected chi connectivity index (χ0v) is 14.4. The van der Waals surface area contributed by atoms with Gasteiger partial charge >= 0.3 is 0 Å². The first-order valence-corrected chi connectivity index (χ1v) is 8.46. The zero-order valence-electron chi connectivity index (χ0n) is 14.4. The molecule has 3 N–H and O–H groups in total. The van der Waals surface area contributed by atoms with Crippen molar-refractivity contribution in [3.63, 3.8) is 0 Å². The van der Waals surface area contributed by atoms with Crippen molar-refractivity contribution in [3.8, 4) is 0 Å². The molecule has 0 aliphatic carbocycles. The number of methoxy groups -OCH3 is 1. The van der Waals surface area contributed by atoms with Crippen LogP contribution in [0.2, 0.25) is 0 Å². The summed E-state index contributed by atoms with van der Waals surface area (Å²) in [6, 6.07) is 6.85. The predicted octanol–water partition coefficient (Wildman–Crippen LogP) is 0.856. The molecule has 0 spiro atoms. The van der Waals surface area contributed by atoms with Gasteiger partial charge in [0.05, 0.1) is 6.61 Å². The van der Waals surface area contributed by atoms with Crippen molar-refractivity contribution >= 4 is 11.8 Å². The molecule has 1 heterocycles. The summed E-state index contributed by atoms with van der Waals surface area (Å²) in [5.41, 5.74) is 1.67. The van der Waals surface area contributed by atoms with E-state index in [1.54, 1.807) is 19.2 Å². The molecule has 6 heteroatoms.